The van der Waals surface area contributed by atoms with Crippen molar-refractivity contribution in [2.24, 2.45) is 7.05 Å². The van der Waals surface area contributed by atoms with Gasteiger partial charge >= 0.3 is 0 Å². The van der Waals surface area contributed by atoms with E-state index in [2.05, 4.69) is 61.8 Å². The molecule has 132 valence electrons. The lowest BCUT2D eigenvalue weighted by atomic mass is 9.99. The molecule has 0 N–H and O–H groups in total. The predicted octanol–water partition coefficient (Wildman–Crippen LogP) is 5.52. The maximum atomic E-state index is 8.26. The third kappa shape index (κ3) is 2.50. The van der Waals surface area contributed by atoms with Crippen LogP contribution in [0.3, 0.4) is 0 Å². The van der Waals surface area contributed by atoms with Gasteiger partial charge in [-0.1, -0.05) is 26.0 Å². The molecular weight excluding hydrogens is 320 g/mol. The molecule has 3 aromatic heterocycles. The average molecular weight is 346 g/mol. The summed E-state index contributed by atoms with van der Waals surface area (Å²) in [7, 11) is 2.07. The molecule has 0 atom stereocenters. The van der Waals surface area contributed by atoms with Gasteiger partial charge in [0.2, 0.25) is 11.4 Å². The Morgan fingerprint density at radius 2 is 1.73 bits per heavy atom. The first-order chi connectivity index (χ1) is 12.7. The largest absolute Gasteiger partial charge is 0.437 e. The van der Waals surface area contributed by atoms with Crippen molar-refractivity contribution in [3.63, 3.8) is 0 Å². The minimum Gasteiger partial charge on any atom is -0.437 e. The second kappa shape index (κ2) is 5.94. The lowest BCUT2D eigenvalue weighted by molar-refractivity contribution is -0.660. The van der Waals surface area contributed by atoms with Gasteiger partial charge in [0.15, 0.2) is 11.8 Å². The van der Waals surface area contributed by atoms with Crippen LogP contribution in [-0.4, -0.2) is 4.98 Å². The smallest absolute Gasteiger partial charge is 0.227 e. The Morgan fingerprint density at radius 1 is 1.00 bits per heavy atom. The lowest BCUT2D eigenvalue weighted by Crippen LogP contribution is -2.31. The number of pyridine rings is 2. The number of aromatic nitrogens is 2. The number of hydrogen-bond acceptors (Lipinski definition) is 2. The Hall–Kier alpha value is -2.68. The Labute approximate surface area is 155 Å². The van der Waals surface area contributed by atoms with Gasteiger partial charge in [0.25, 0.3) is 0 Å². The van der Waals surface area contributed by atoms with Gasteiger partial charge in [-0.25, -0.2) is 9.55 Å². The quantitative estimate of drug-likeness (QED) is 0.447. The molecule has 26 heavy (non-hydrogen) atoms. The Bertz CT molecular complexity index is 1200. The van der Waals surface area contributed by atoms with E-state index in [4.69, 9.17) is 5.79 Å². The Kier molecular flexibility index (Phi) is 3.56. The minimum atomic E-state index is -0.758. The highest BCUT2D eigenvalue weighted by Gasteiger charge is 2.22. The molecule has 3 nitrogen and oxygen atoms in total. The summed E-state index contributed by atoms with van der Waals surface area (Å²) in [5.74, 6) is -0.758. The molecule has 0 aliphatic carbocycles. The summed E-state index contributed by atoms with van der Waals surface area (Å²) >= 11 is 0. The van der Waals surface area contributed by atoms with Gasteiger partial charge in [-0.05, 0) is 49.9 Å². The summed E-state index contributed by atoms with van der Waals surface area (Å²) in [6, 6.07) is 10.4. The predicted molar refractivity (Wildman–Crippen MR) is 106 cm³/mol. The zero-order chi connectivity index (χ0) is 19.5. The topological polar surface area (TPSA) is 29.9 Å². The van der Waals surface area contributed by atoms with Gasteiger partial charge < -0.3 is 4.42 Å². The maximum absolute atomic E-state index is 8.26. The molecule has 0 saturated heterocycles. The fraction of sp³-hybridized carbons (Fsp3) is 0.304. The van der Waals surface area contributed by atoms with Gasteiger partial charge in [-0.3, -0.25) is 0 Å². The zero-order valence-corrected chi connectivity index (χ0v) is 16.3. The van der Waals surface area contributed by atoms with E-state index in [1.54, 1.807) is 0 Å². The van der Waals surface area contributed by atoms with Crippen LogP contribution in [-0.2, 0) is 7.05 Å². The lowest BCUT2D eigenvalue weighted by Gasteiger charge is -2.07. The summed E-state index contributed by atoms with van der Waals surface area (Å²) in [6.45, 7) is 10.1. The first-order valence-corrected chi connectivity index (χ1v) is 8.97. The second-order valence-corrected chi connectivity index (χ2v) is 7.42. The van der Waals surface area contributed by atoms with E-state index in [9.17, 15) is 0 Å². The second-order valence-electron chi connectivity index (χ2n) is 7.42. The van der Waals surface area contributed by atoms with Crippen LogP contribution in [0.15, 0.2) is 40.9 Å². The van der Waals surface area contributed by atoms with E-state index in [-0.39, 0.29) is 0 Å². The van der Waals surface area contributed by atoms with Gasteiger partial charge in [-0.15, -0.1) is 0 Å². The molecule has 0 radical (unpaired) electrons. The molecule has 4 aromatic rings. The van der Waals surface area contributed by atoms with Gasteiger partial charge in [0, 0.05) is 29.5 Å². The molecule has 0 bridgehead atoms. The van der Waals surface area contributed by atoms with Crippen LogP contribution in [0.4, 0.5) is 0 Å². The van der Waals surface area contributed by atoms with Crippen molar-refractivity contribution in [1.29, 1.82) is 0 Å². The molecule has 0 saturated carbocycles. The minimum absolute atomic E-state index is 0.598. The molecule has 0 aliphatic heterocycles. The van der Waals surface area contributed by atoms with Gasteiger partial charge in [-0.2, -0.15) is 0 Å². The highest BCUT2D eigenvalue weighted by molar-refractivity contribution is 6.08. The Morgan fingerprint density at radius 3 is 2.46 bits per heavy atom. The third-order valence-electron chi connectivity index (χ3n) is 5.23. The van der Waals surface area contributed by atoms with Crippen LogP contribution in [0.25, 0.3) is 33.3 Å². The van der Waals surface area contributed by atoms with Crippen LogP contribution >= 0.6 is 0 Å². The molecular formula is C23H25N2O+. The number of rotatable bonds is 2. The van der Waals surface area contributed by atoms with Gasteiger partial charge in [0.1, 0.15) is 7.05 Å². The van der Waals surface area contributed by atoms with Crippen LogP contribution in [0.5, 0.6) is 0 Å². The molecule has 3 heterocycles. The van der Waals surface area contributed by atoms with Crippen molar-refractivity contribution in [2.75, 3.05) is 0 Å². The van der Waals surface area contributed by atoms with Crippen LogP contribution in [0.2, 0.25) is 0 Å². The van der Waals surface area contributed by atoms with Crippen molar-refractivity contribution >= 4 is 22.1 Å². The molecule has 0 spiro atoms. The monoisotopic (exact) mass is 346 g/mol. The highest BCUT2D eigenvalue weighted by Crippen LogP contribution is 2.37. The standard InChI is InChI=1S/C23H25N2O/c1-13(2)19-10-9-18-17-8-7-14(3)21(22(17)26-23(18)24-19)20-11-15(4)16(5)12-25(20)6/h7-13H,1-6H3/q+1/i13D. The van der Waals surface area contributed by atoms with Crippen LogP contribution in [0, 0.1) is 20.8 Å². The van der Waals surface area contributed by atoms with E-state index in [0.717, 1.165) is 27.6 Å². The van der Waals surface area contributed by atoms with Crippen molar-refractivity contribution in [1.82, 2.24) is 4.98 Å². The summed E-state index contributed by atoms with van der Waals surface area (Å²) < 4.78 is 16.7. The fourth-order valence-corrected chi connectivity index (χ4v) is 3.55. The SMILES string of the molecule is [2H]C(C)(C)c1ccc2c(n1)oc1c(-c3cc(C)c(C)c[n+]3C)c(C)ccc12. The normalized spacial score (nSPS) is 12.8. The van der Waals surface area contributed by atoms with E-state index in [0.29, 0.717) is 11.4 Å². The Balaban J connectivity index is 2.07. The number of benzene rings is 1. The van der Waals surface area contributed by atoms with Crippen molar-refractivity contribution in [3.05, 3.63) is 58.9 Å². The maximum Gasteiger partial charge on any atom is 0.227 e. The van der Waals surface area contributed by atoms with Crippen molar-refractivity contribution < 1.29 is 10.4 Å². The molecule has 4 rings (SSSR count). The van der Waals surface area contributed by atoms with Gasteiger partial charge in [0.05, 0.1) is 5.56 Å². The van der Waals surface area contributed by atoms with E-state index in [1.807, 2.05) is 26.0 Å². The zero-order valence-electron chi connectivity index (χ0n) is 17.3. The van der Waals surface area contributed by atoms with E-state index < -0.39 is 5.89 Å². The van der Waals surface area contributed by atoms with Crippen LogP contribution < -0.4 is 4.57 Å². The highest BCUT2D eigenvalue weighted by atomic mass is 16.3. The molecule has 0 unspecified atom stereocenters. The number of hydrogen-bond donors (Lipinski definition) is 0. The van der Waals surface area contributed by atoms with Crippen LogP contribution in [0.1, 0.15) is 43.5 Å². The number of fused-ring (bicyclic) bond motifs is 3. The van der Waals surface area contributed by atoms with Crippen molar-refractivity contribution in [2.45, 2.75) is 40.5 Å². The van der Waals surface area contributed by atoms with Crippen molar-refractivity contribution in [3.8, 4) is 11.3 Å². The summed E-state index contributed by atoms with van der Waals surface area (Å²) in [5, 5.41) is 2.05. The third-order valence-corrected chi connectivity index (χ3v) is 5.23. The molecule has 0 fully saturated rings. The summed E-state index contributed by atoms with van der Waals surface area (Å²) in [5.41, 5.74) is 8.08. The number of nitrogens with zero attached hydrogens (tertiary/aromatic N) is 2. The molecule has 1 aromatic carbocycles. The average Bonchev–Trinajstić information content (AvgIpc) is 2.95. The molecule has 3 heteroatoms. The first-order valence-electron chi connectivity index (χ1n) is 9.47. The van der Waals surface area contributed by atoms with E-state index in [1.165, 1.54) is 16.7 Å². The molecule has 0 amide bonds. The van der Waals surface area contributed by atoms with E-state index >= 15 is 0 Å². The fourth-order valence-electron chi connectivity index (χ4n) is 3.55. The summed E-state index contributed by atoms with van der Waals surface area (Å²) in [6.07, 6.45) is 2.16. The number of aryl methyl sites for hydroxylation is 4. The first kappa shape index (κ1) is 15.6. The number of furan rings is 1. The molecule has 0 aliphatic rings. The summed E-state index contributed by atoms with van der Waals surface area (Å²) in [4.78, 5) is 4.64.